The van der Waals surface area contributed by atoms with Gasteiger partial charge in [-0.3, -0.25) is 19.3 Å². The number of carbonyl (C=O) groups excluding carboxylic acids is 3. The minimum Gasteiger partial charge on any atom is -0.319 e. The molecule has 1 aromatic heterocycles. The molecule has 1 saturated heterocycles. The number of carbonyl (C=O) groups is 3. The Morgan fingerprint density at radius 1 is 1.07 bits per heavy atom. The average Bonchev–Trinajstić information content (AvgIpc) is 3.14. The summed E-state index contributed by atoms with van der Waals surface area (Å²) in [6.07, 6.45) is 0.414. The van der Waals surface area contributed by atoms with E-state index in [0.29, 0.717) is 16.1 Å². The zero-order valence-corrected chi connectivity index (χ0v) is 15.7. The van der Waals surface area contributed by atoms with Crippen molar-refractivity contribution in [3.8, 4) is 0 Å². The molecule has 1 aliphatic heterocycles. The van der Waals surface area contributed by atoms with E-state index in [-0.39, 0.29) is 24.7 Å². The summed E-state index contributed by atoms with van der Waals surface area (Å²) in [5, 5.41) is 0. The molecule has 7 heteroatoms. The van der Waals surface area contributed by atoms with Crippen molar-refractivity contribution in [1.29, 1.82) is 0 Å². The highest BCUT2D eigenvalue weighted by molar-refractivity contribution is 7.16. The third kappa shape index (κ3) is 3.10. The molecule has 136 valence electrons. The van der Waals surface area contributed by atoms with Gasteiger partial charge in [0.05, 0.1) is 15.9 Å². The van der Waals surface area contributed by atoms with Gasteiger partial charge in [-0.15, -0.1) is 0 Å². The number of thiazole rings is 1. The number of fused-ring (bicyclic) bond motifs is 1. The normalized spacial score (nSPS) is 15.2. The van der Waals surface area contributed by atoms with Gasteiger partial charge in [0.25, 0.3) is 5.91 Å². The summed E-state index contributed by atoms with van der Waals surface area (Å²) >= 11 is 1.45. The number of aryl methyl sites for hydroxylation is 2. The van der Waals surface area contributed by atoms with Gasteiger partial charge in [0.15, 0.2) is 4.80 Å². The van der Waals surface area contributed by atoms with Gasteiger partial charge in [-0.2, -0.15) is 4.99 Å². The first kappa shape index (κ1) is 17.4. The maximum atomic E-state index is 12.7. The zero-order chi connectivity index (χ0) is 19.1. The van der Waals surface area contributed by atoms with Crippen LogP contribution in [-0.2, 0) is 16.6 Å². The molecule has 0 aliphatic carbocycles. The minimum atomic E-state index is -0.408. The molecule has 0 atom stereocenters. The molecule has 0 saturated carbocycles. The molecule has 0 bridgehead atoms. The third-order valence-electron chi connectivity index (χ3n) is 4.56. The van der Waals surface area contributed by atoms with E-state index in [2.05, 4.69) is 11.1 Å². The summed E-state index contributed by atoms with van der Waals surface area (Å²) in [5.74, 6) is -0.893. The first-order valence-corrected chi connectivity index (χ1v) is 9.37. The number of hydrogen-bond donors (Lipinski definition) is 0. The lowest BCUT2D eigenvalue weighted by atomic mass is 10.2. The van der Waals surface area contributed by atoms with Crippen LogP contribution in [0.3, 0.4) is 0 Å². The SMILES string of the molecule is Cc1ccc2c(c1)sc(=NC(=O)c1cccc(N3C(=O)CCC3=O)c1)n2C. The summed E-state index contributed by atoms with van der Waals surface area (Å²) in [4.78, 5) is 42.5. The Morgan fingerprint density at radius 3 is 2.56 bits per heavy atom. The number of imide groups is 1. The minimum absolute atomic E-state index is 0.207. The summed E-state index contributed by atoms with van der Waals surface area (Å²) in [5.41, 5.74) is 2.92. The van der Waals surface area contributed by atoms with E-state index in [4.69, 9.17) is 0 Å². The van der Waals surface area contributed by atoms with Crippen LogP contribution in [0.4, 0.5) is 5.69 Å². The Balaban J connectivity index is 1.73. The Labute approximate surface area is 159 Å². The monoisotopic (exact) mass is 379 g/mol. The Hall–Kier alpha value is -3.06. The molecule has 1 aliphatic rings. The van der Waals surface area contributed by atoms with E-state index < -0.39 is 5.91 Å². The van der Waals surface area contributed by atoms with Gasteiger partial charge < -0.3 is 4.57 Å². The molecule has 0 N–H and O–H groups in total. The van der Waals surface area contributed by atoms with Crippen LogP contribution in [-0.4, -0.2) is 22.3 Å². The average molecular weight is 379 g/mol. The van der Waals surface area contributed by atoms with Gasteiger partial charge >= 0.3 is 0 Å². The van der Waals surface area contributed by atoms with Crippen molar-refractivity contribution in [3.63, 3.8) is 0 Å². The fourth-order valence-corrected chi connectivity index (χ4v) is 4.26. The van der Waals surface area contributed by atoms with Gasteiger partial charge in [0.1, 0.15) is 0 Å². The van der Waals surface area contributed by atoms with Gasteiger partial charge in [0.2, 0.25) is 11.8 Å². The number of hydrogen-bond acceptors (Lipinski definition) is 4. The van der Waals surface area contributed by atoms with Gasteiger partial charge in [-0.25, -0.2) is 0 Å². The smallest absolute Gasteiger partial charge is 0.279 e. The largest absolute Gasteiger partial charge is 0.319 e. The molecule has 2 aromatic carbocycles. The van der Waals surface area contributed by atoms with E-state index in [1.54, 1.807) is 24.3 Å². The van der Waals surface area contributed by atoms with Crippen molar-refractivity contribution in [3.05, 3.63) is 58.4 Å². The maximum Gasteiger partial charge on any atom is 0.279 e. The number of aromatic nitrogens is 1. The molecule has 0 unspecified atom stereocenters. The van der Waals surface area contributed by atoms with Crippen LogP contribution in [0.25, 0.3) is 10.2 Å². The quantitative estimate of drug-likeness (QED) is 0.643. The predicted molar refractivity (Wildman–Crippen MR) is 104 cm³/mol. The maximum absolute atomic E-state index is 12.7. The fraction of sp³-hybridized carbons (Fsp3) is 0.200. The highest BCUT2D eigenvalue weighted by Gasteiger charge is 2.30. The van der Waals surface area contributed by atoms with E-state index in [1.807, 2.05) is 30.7 Å². The Bertz CT molecular complexity index is 1160. The van der Waals surface area contributed by atoms with E-state index in [0.717, 1.165) is 20.7 Å². The van der Waals surface area contributed by atoms with E-state index in [1.165, 1.54) is 11.3 Å². The lowest BCUT2D eigenvalue weighted by Crippen LogP contribution is -2.28. The zero-order valence-electron chi connectivity index (χ0n) is 14.9. The molecule has 0 spiro atoms. The Morgan fingerprint density at radius 2 is 1.81 bits per heavy atom. The van der Waals surface area contributed by atoms with Crippen LogP contribution in [0.1, 0.15) is 28.8 Å². The van der Waals surface area contributed by atoms with Crippen LogP contribution in [0.15, 0.2) is 47.5 Å². The highest BCUT2D eigenvalue weighted by atomic mass is 32.1. The second-order valence-corrected chi connectivity index (χ2v) is 7.51. The molecule has 3 aromatic rings. The van der Waals surface area contributed by atoms with Crippen molar-refractivity contribution >= 4 is 45.0 Å². The van der Waals surface area contributed by atoms with Crippen LogP contribution >= 0.6 is 11.3 Å². The lowest BCUT2D eigenvalue weighted by molar-refractivity contribution is -0.121. The number of amides is 3. The summed E-state index contributed by atoms with van der Waals surface area (Å²) in [6.45, 7) is 2.02. The van der Waals surface area contributed by atoms with Crippen molar-refractivity contribution in [1.82, 2.24) is 4.57 Å². The molecule has 1 fully saturated rings. The van der Waals surface area contributed by atoms with Gasteiger partial charge in [0, 0.05) is 25.5 Å². The first-order chi connectivity index (χ1) is 12.9. The lowest BCUT2D eigenvalue weighted by Gasteiger charge is -2.14. The van der Waals surface area contributed by atoms with Crippen LogP contribution in [0.2, 0.25) is 0 Å². The van der Waals surface area contributed by atoms with Crippen LogP contribution in [0.5, 0.6) is 0 Å². The number of rotatable bonds is 2. The van der Waals surface area contributed by atoms with Gasteiger partial charge in [-0.05, 0) is 42.8 Å². The van der Waals surface area contributed by atoms with Gasteiger partial charge in [-0.1, -0.05) is 23.5 Å². The fourth-order valence-electron chi connectivity index (χ4n) is 3.14. The standard InChI is InChI=1S/C20H17N3O3S/c1-12-6-7-15-16(10-12)27-20(22(15)2)21-19(26)13-4-3-5-14(11-13)23-17(24)8-9-18(23)25/h3-7,10-11H,8-9H2,1-2H3. The highest BCUT2D eigenvalue weighted by Crippen LogP contribution is 2.24. The summed E-state index contributed by atoms with van der Waals surface area (Å²) < 4.78 is 2.94. The van der Waals surface area contributed by atoms with E-state index >= 15 is 0 Å². The first-order valence-electron chi connectivity index (χ1n) is 8.55. The number of anilines is 1. The predicted octanol–water partition coefficient (Wildman–Crippen LogP) is 2.94. The van der Waals surface area contributed by atoms with Crippen molar-refractivity contribution in [2.75, 3.05) is 4.90 Å². The molecule has 3 amide bonds. The van der Waals surface area contributed by atoms with Crippen molar-refractivity contribution in [2.45, 2.75) is 19.8 Å². The molecule has 4 rings (SSSR count). The molecule has 0 radical (unpaired) electrons. The number of benzene rings is 2. The summed E-state index contributed by atoms with van der Waals surface area (Å²) in [6, 6.07) is 12.6. The molecular weight excluding hydrogens is 362 g/mol. The molecule has 27 heavy (non-hydrogen) atoms. The molecular formula is C20H17N3O3S. The van der Waals surface area contributed by atoms with Crippen LogP contribution < -0.4 is 9.70 Å². The van der Waals surface area contributed by atoms with E-state index in [9.17, 15) is 14.4 Å². The summed E-state index contributed by atoms with van der Waals surface area (Å²) in [7, 11) is 1.87. The van der Waals surface area contributed by atoms with Crippen LogP contribution in [0, 0.1) is 6.92 Å². The van der Waals surface area contributed by atoms with Crippen molar-refractivity contribution in [2.24, 2.45) is 12.0 Å². The third-order valence-corrected chi connectivity index (χ3v) is 5.66. The van der Waals surface area contributed by atoms with Crippen molar-refractivity contribution < 1.29 is 14.4 Å². The second-order valence-electron chi connectivity index (χ2n) is 6.51. The second kappa shape index (κ2) is 6.59. The molecule has 2 heterocycles. The number of nitrogens with zero attached hydrogens (tertiary/aromatic N) is 3. The Kier molecular flexibility index (Phi) is 4.24. The molecule has 6 nitrogen and oxygen atoms in total. The topological polar surface area (TPSA) is 71.7 Å².